The van der Waals surface area contributed by atoms with Crippen LogP contribution in [0.15, 0.2) is 24.5 Å². The van der Waals surface area contributed by atoms with Crippen LogP contribution in [-0.4, -0.2) is 24.0 Å². The number of rotatable bonds is 3. The molecule has 1 atom stereocenters. The van der Waals surface area contributed by atoms with Crippen molar-refractivity contribution in [2.24, 2.45) is 5.84 Å². The van der Waals surface area contributed by atoms with Crippen LogP contribution in [0.25, 0.3) is 0 Å². The third-order valence-corrected chi connectivity index (χ3v) is 1.70. The molecular weight excluding hydrogens is 152 g/mol. The van der Waals surface area contributed by atoms with E-state index in [2.05, 4.69) is 10.4 Å². The van der Waals surface area contributed by atoms with Gasteiger partial charge in [-0.3, -0.25) is 15.7 Å². The number of nitrogens with two attached hydrogens (primary N) is 1. The fourth-order valence-electron chi connectivity index (χ4n) is 1.09. The molecular formula is C8H14N4. The number of hydrogen-bond donors (Lipinski definition) is 2. The first kappa shape index (κ1) is 9.12. The summed E-state index contributed by atoms with van der Waals surface area (Å²) in [7, 11) is 3.93. The molecule has 4 nitrogen and oxygen atoms in total. The number of pyridine rings is 1. The molecule has 0 radical (unpaired) electrons. The summed E-state index contributed by atoms with van der Waals surface area (Å²) in [5.74, 6) is 5.39. The molecule has 0 amide bonds. The molecule has 1 aromatic heterocycles. The maximum Gasteiger partial charge on any atom is 0.0981 e. The zero-order valence-corrected chi connectivity index (χ0v) is 7.36. The highest BCUT2D eigenvalue weighted by molar-refractivity contribution is 5.13. The van der Waals surface area contributed by atoms with Gasteiger partial charge in [0.05, 0.1) is 6.17 Å². The van der Waals surface area contributed by atoms with Gasteiger partial charge in [0, 0.05) is 12.4 Å². The fraction of sp³-hybridized carbons (Fsp3) is 0.375. The molecule has 0 saturated carbocycles. The minimum absolute atomic E-state index is 0.0491. The Labute approximate surface area is 72.4 Å². The smallest absolute Gasteiger partial charge is 0.0981 e. The Morgan fingerprint density at radius 3 is 2.42 bits per heavy atom. The number of hydrazine groups is 1. The number of hydrogen-bond acceptors (Lipinski definition) is 4. The van der Waals surface area contributed by atoms with Gasteiger partial charge in [-0.25, -0.2) is 5.43 Å². The Bertz CT molecular complexity index is 222. The van der Waals surface area contributed by atoms with Gasteiger partial charge in [0.1, 0.15) is 0 Å². The summed E-state index contributed by atoms with van der Waals surface area (Å²) < 4.78 is 0. The quantitative estimate of drug-likeness (QED) is 0.380. The minimum Gasteiger partial charge on any atom is -0.289 e. The third kappa shape index (κ3) is 2.01. The summed E-state index contributed by atoms with van der Waals surface area (Å²) in [5, 5.41) is 0. The van der Waals surface area contributed by atoms with Gasteiger partial charge in [0.2, 0.25) is 0 Å². The number of nitrogens with one attached hydrogen (secondary N) is 1. The van der Waals surface area contributed by atoms with Crippen molar-refractivity contribution in [3.63, 3.8) is 0 Å². The Morgan fingerprint density at radius 1 is 1.42 bits per heavy atom. The summed E-state index contributed by atoms with van der Waals surface area (Å²) in [6.45, 7) is 0. The van der Waals surface area contributed by atoms with Gasteiger partial charge in [-0.05, 0) is 31.8 Å². The van der Waals surface area contributed by atoms with Crippen molar-refractivity contribution in [1.29, 1.82) is 0 Å². The van der Waals surface area contributed by atoms with Crippen LogP contribution in [0.5, 0.6) is 0 Å². The first-order valence-electron chi connectivity index (χ1n) is 3.78. The zero-order valence-electron chi connectivity index (χ0n) is 7.36. The molecule has 0 aliphatic rings. The van der Waals surface area contributed by atoms with E-state index in [0.29, 0.717) is 0 Å². The predicted octanol–water partition coefficient (Wildman–Crippen LogP) is 0.105. The number of nitrogens with zero attached hydrogens (tertiary/aromatic N) is 2. The van der Waals surface area contributed by atoms with Gasteiger partial charge in [-0.15, -0.1) is 0 Å². The van der Waals surface area contributed by atoms with Crippen LogP contribution in [0, 0.1) is 0 Å². The first-order chi connectivity index (χ1) is 5.75. The van der Waals surface area contributed by atoms with Crippen LogP contribution in [0.1, 0.15) is 11.7 Å². The lowest BCUT2D eigenvalue weighted by molar-refractivity contribution is 0.253. The summed E-state index contributed by atoms with van der Waals surface area (Å²) in [5.41, 5.74) is 3.82. The van der Waals surface area contributed by atoms with E-state index < -0.39 is 0 Å². The summed E-state index contributed by atoms with van der Waals surface area (Å²) >= 11 is 0. The molecule has 0 aliphatic heterocycles. The molecule has 0 aliphatic carbocycles. The normalized spacial score (nSPS) is 13.3. The topological polar surface area (TPSA) is 54.2 Å². The number of aromatic nitrogens is 1. The molecule has 0 saturated heterocycles. The van der Waals surface area contributed by atoms with E-state index in [1.807, 2.05) is 31.1 Å². The Morgan fingerprint density at radius 2 is 2.00 bits per heavy atom. The van der Waals surface area contributed by atoms with Crippen LogP contribution in [0.4, 0.5) is 0 Å². The maximum atomic E-state index is 5.39. The SMILES string of the molecule is CN(C)C(NN)c1ccncc1. The van der Waals surface area contributed by atoms with E-state index in [0.717, 1.165) is 5.56 Å². The lowest BCUT2D eigenvalue weighted by atomic mass is 10.2. The maximum absolute atomic E-state index is 5.39. The van der Waals surface area contributed by atoms with Gasteiger partial charge in [0.15, 0.2) is 0 Å². The standard InChI is InChI=1S/C8H14N4/c1-12(2)8(11-9)7-3-5-10-6-4-7/h3-6,8,11H,9H2,1-2H3. The second-order valence-corrected chi connectivity index (χ2v) is 2.81. The fourth-order valence-corrected chi connectivity index (χ4v) is 1.09. The molecule has 0 bridgehead atoms. The Balaban J connectivity index is 2.80. The van der Waals surface area contributed by atoms with E-state index in [4.69, 9.17) is 5.84 Å². The largest absolute Gasteiger partial charge is 0.289 e. The van der Waals surface area contributed by atoms with Crippen molar-refractivity contribution in [3.8, 4) is 0 Å². The molecule has 0 aromatic carbocycles. The molecule has 3 N–H and O–H groups in total. The van der Waals surface area contributed by atoms with E-state index in [1.165, 1.54) is 0 Å². The van der Waals surface area contributed by atoms with Gasteiger partial charge < -0.3 is 0 Å². The van der Waals surface area contributed by atoms with Crippen LogP contribution in [0.2, 0.25) is 0 Å². The van der Waals surface area contributed by atoms with Crippen molar-refractivity contribution < 1.29 is 0 Å². The highest BCUT2D eigenvalue weighted by atomic mass is 15.4. The van der Waals surface area contributed by atoms with Crippen molar-refractivity contribution in [2.45, 2.75) is 6.17 Å². The van der Waals surface area contributed by atoms with Crippen molar-refractivity contribution in [2.75, 3.05) is 14.1 Å². The second kappa shape index (κ2) is 4.15. The second-order valence-electron chi connectivity index (χ2n) is 2.81. The van der Waals surface area contributed by atoms with Crippen LogP contribution in [-0.2, 0) is 0 Å². The van der Waals surface area contributed by atoms with Crippen molar-refractivity contribution in [1.82, 2.24) is 15.3 Å². The first-order valence-corrected chi connectivity index (χ1v) is 3.78. The van der Waals surface area contributed by atoms with Gasteiger partial charge >= 0.3 is 0 Å². The summed E-state index contributed by atoms with van der Waals surface area (Å²) in [6.07, 6.45) is 3.56. The van der Waals surface area contributed by atoms with E-state index in [9.17, 15) is 0 Å². The molecule has 1 aromatic rings. The molecule has 1 heterocycles. The Kier molecular flexibility index (Phi) is 3.16. The molecule has 66 valence electrons. The summed E-state index contributed by atoms with van der Waals surface area (Å²) in [4.78, 5) is 5.93. The average molecular weight is 166 g/mol. The predicted molar refractivity (Wildman–Crippen MR) is 48.0 cm³/mol. The van der Waals surface area contributed by atoms with Crippen molar-refractivity contribution >= 4 is 0 Å². The zero-order chi connectivity index (χ0) is 8.97. The summed E-state index contributed by atoms with van der Waals surface area (Å²) in [6, 6.07) is 3.87. The van der Waals surface area contributed by atoms with E-state index >= 15 is 0 Å². The lowest BCUT2D eigenvalue weighted by Crippen LogP contribution is -2.37. The van der Waals surface area contributed by atoms with Crippen LogP contribution < -0.4 is 11.3 Å². The molecule has 1 rings (SSSR count). The van der Waals surface area contributed by atoms with Gasteiger partial charge in [-0.2, -0.15) is 0 Å². The molecule has 4 heteroatoms. The van der Waals surface area contributed by atoms with E-state index in [1.54, 1.807) is 12.4 Å². The van der Waals surface area contributed by atoms with Crippen molar-refractivity contribution in [3.05, 3.63) is 30.1 Å². The average Bonchev–Trinajstić information content (AvgIpc) is 2.07. The Hall–Kier alpha value is -0.970. The molecule has 0 spiro atoms. The van der Waals surface area contributed by atoms with Crippen LogP contribution >= 0.6 is 0 Å². The molecule has 0 fully saturated rings. The monoisotopic (exact) mass is 166 g/mol. The van der Waals surface area contributed by atoms with Crippen LogP contribution in [0.3, 0.4) is 0 Å². The van der Waals surface area contributed by atoms with Gasteiger partial charge in [-0.1, -0.05) is 0 Å². The minimum atomic E-state index is 0.0491. The lowest BCUT2D eigenvalue weighted by Gasteiger charge is -2.23. The van der Waals surface area contributed by atoms with E-state index in [-0.39, 0.29) is 6.17 Å². The van der Waals surface area contributed by atoms with Gasteiger partial charge in [0.25, 0.3) is 0 Å². The molecule has 1 unspecified atom stereocenters. The highest BCUT2D eigenvalue weighted by Crippen LogP contribution is 2.11. The molecule has 12 heavy (non-hydrogen) atoms. The highest BCUT2D eigenvalue weighted by Gasteiger charge is 2.09. The third-order valence-electron chi connectivity index (χ3n) is 1.70.